The molecule has 0 spiro atoms. The lowest BCUT2D eigenvalue weighted by atomic mass is 9.87. The van der Waals surface area contributed by atoms with Crippen molar-refractivity contribution in [3.8, 4) is 5.88 Å². The summed E-state index contributed by atoms with van der Waals surface area (Å²) in [6.45, 7) is 10.1. The first-order valence-corrected chi connectivity index (χ1v) is 6.85. The van der Waals surface area contributed by atoms with Crippen molar-refractivity contribution in [1.82, 2.24) is 10.3 Å². The Morgan fingerprint density at radius 1 is 1.45 bits per heavy atom. The van der Waals surface area contributed by atoms with E-state index in [0.29, 0.717) is 12.4 Å². The normalized spacial score (nSPS) is 13.2. The van der Waals surface area contributed by atoms with Crippen LogP contribution in [0.1, 0.15) is 40.2 Å². The zero-order valence-electron chi connectivity index (χ0n) is 12.9. The minimum absolute atomic E-state index is 0.0381. The van der Waals surface area contributed by atoms with E-state index in [1.807, 2.05) is 46.8 Å². The molecule has 0 unspecified atom stereocenters. The summed E-state index contributed by atoms with van der Waals surface area (Å²) in [5.74, 6) is 0.379. The predicted octanol–water partition coefficient (Wildman–Crippen LogP) is 1.86. The molecule has 0 saturated heterocycles. The topological polar surface area (TPSA) is 77.2 Å². The first-order valence-electron chi connectivity index (χ1n) is 6.85. The number of hydrogen-bond donors (Lipinski definition) is 2. The highest BCUT2D eigenvalue weighted by molar-refractivity contribution is 5.82. The van der Waals surface area contributed by atoms with Crippen molar-refractivity contribution in [3.63, 3.8) is 0 Å². The van der Waals surface area contributed by atoms with E-state index in [4.69, 9.17) is 10.5 Å². The van der Waals surface area contributed by atoms with Crippen LogP contribution in [0.15, 0.2) is 18.3 Å². The summed E-state index contributed by atoms with van der Waals surface area (Å²) < 4.78 is 5.61. The largest absolute Gasteiger partial charge is 0.475 e. The standard InChI is InChI=1S/C15H25N3O2/c1-10(2)20-14-11(7-6-8-17-14)9-18-13(19)12(16)15(3,4)5/h6-8,10,12H,9,16H2,1-5H3,(H,18,19)/t12-/m0/s1. The van der Waals surface area contributed by atoms with Crippen molar-refractivity contribution in [2.24, 2.45) is 11.1 Å². The van der Waals surface area contributed by atoms with Gasteiger partial charge >= 0.3 is 0 Å². The Bertz CT molecular complexity index is 453. The smallest absolute Gasteiger partial charge is 0.237 e. The summed E-state index contributed by atoms with van der Waals surface area (Å²) in [5, 5.41) is 2.83. The molecule has 1 rings (SSSR count). The molecule has 0 radical (unpaired) electrons. The highest BCUT2D eigenvalue weighted by atomic mass is 16.5. The van der Waals surface area contributed by atoms with E-state index in [1.54, 1.807) is 6.20 Å². The Kier molecular flexibility index (Phi) is 5.51. The number of pyridine rings is 1. The van der Waals surface area contributed by atoms with E-state index in [0.717, 1.165) is 5.56 Å². The van der Waals surface area contributed by atoms with Gasteiger partial charge in [0, 0.05) is 18.3 Å². The Morgan fingerprint density at radius 3 is 2.65 bits per heavy atom. The van der Waals surface area contributed by atoms with Gasteiger partial charge in [0.05, 0.1) is 12.1 Å². The van der Waals surface area contributed by atoms with Gasteiger partial charge in [-0.05, 0) is 25.3 Å². The minimum atomic E-state index is -0.548. The molecule has 1 atom stereocenters. The molecule has 0 fully saturated rings. The summed E-state index contributed by atoms with van der Waals surface area (Å²) in [6.07, 6.45) is 1.71. The maximum Gasteiger partial charge on any atom is 0.237 e. The Labute approximate surface area is 120 Å². The molecule has 5 nitrogen and oxygen atoms in total. The molecule has 0 aliphatic rings. The van der Waals surface area contributed by atoms with E-state index >= 15 is 0 Å². The Hall–Kier alpha value is -1.62. The van der Waals surface area contributed by atoms with Crippen molar-refractivity contribution in [1.29, 1.82) is 0 Å². The summed E-state index contributed by atoms with van der Waals surface area (Å²) in [5.41, 5.74) is 6.49. The van der Waals surface area contributed by atoms with Gasteiger partial charge in [-0.3, -0.25) is 4.79 Å². The monoisotopic (exact) mass is 279 g/mol. The third-order valence-corrected chi connectivity index (χ3v) is 2.87. The molecule has 1 aromatic rings. The average molecular weight is 279 g/mol. The number of rotatable bonds is 5. The Morgan fingerprint density at radius 2 is 2.10 bits per heavy atom. The summed E-state index contributed by atoms with van der Waals surface area (Å²) in [6, 6.07) is 3.15. The second-order valence-electron chi connectivity index (χ2n) is 6.20. The van der Waals surface area contributed by atoms with Gasteiger partial charge in [0.2, 0.25) is 11.8 Å². The van der Waals surface area contributed by atoms with E-state index in [2.05, 4.69) is 10.3 Å². The molecule has 1 amide bonds. The lowest BCUT2D eigenvalue weighted by molar-refractivity contribution is -0.124. The zero-order chi connectivity index (χ0) is 15.3. The zero-order valence-corrected chi connectivity index (χ0v) is 12.9. The lowest BCUT2D eigenvalue weighted by Gasteiger charge is -2.26. The average Bonchev–Trinajstić information content (AvgIpc) is 2.34. The number of hydrogen-bond acceptors (Lipinski definition) is 4. The van der Waals surface area contributed by atoms with Crippen LogP contribution in [-0.4, -0.2) is 23.0 Å². The van der Waals surface area contributed by atoms with Crippen LogP contribution < -0.4 is 15.8 Å². The molecular weight excluding hydrogens is 254 g/mol. The summed E-state index contributed by atoms with van der Waals surface area (Å²) in [4.78, 5) is 16.2. The quantitative estimate of drug-likeness (QED) is 0.862. The van der Waals surface area contributed by atoms with E-state index in [1.165, 1.54) is 0 Å². The van der Waals surface area contributed by atoms with Crippen LogP contribution in [0.3, 0.4) is 0 Å². The molecule has 3 N–H and O–H groups in total. The third kappa shape index (κ3) is 4.81. The van der Waals surface area contributed by atoms with Gasteiger partial charge in [-0.2, -0.15) is 0 Å². The number of nitrogens with zero attached hydrogens (tertiary/aromatic N) is 1. The molecule has 1 heterocycles. The molecular formula is C15H25N3O2. The number of carbonyl (C=O) groups is 1. The van der Waals surface area contributed by atoms with Gasteiger partial charge in [0.15, 0.2) is 0 Å². The second kappa shape index (κ2) is 6.70. The fraction of sp³-hybridized carbons (Fsp3) is 0.600. The van der Waals surface area contributed by atoms with Crippen LogP contribution in [0.4, 0.5) is 0 Å². The summed E-state index contributed by atoms with van der Waals surface area (Å²) in [7, 11) is 0. The van der Waals surface area contributed by atoms with Crippen LogP contribution in [0.2, 0.25) is 0 Å². The summed E-state index contributed by atoms with van der Waals surface area (Å²) >= 11 is 0. The molecule has 112 valence electrons. The third-order valence-electron chi connectivity index (χ3n) is 2.87. The van der Waals surface area contributed by atoms with Gasteiger partial charge < -0.3 is 15.8 Å². The predicted molar refractivity (Wildman–Crippen MR) is 79.3 cm³/mol. The number of ether oxygens (including phenoxy) is 1. The SMILES string of the molecule is CC(C)Oc1ncccc1CNC(=O)[C@H](N)C(C)(C)C. The van der Waals surface area contributed by atoms with Crippen LogP contribution in [0, 0.1) is 5.41 Å². The van der Waals surface area contributed by atoms with Gasteiger partial charge in [-0.15, -0.1) is 0 Å². The molecule has 1 aromatic heterocycles. The van der Waals surface area contributed by atoms with Crippen LogP contribution in [0.25, 0.3) is 0 Å². The Balaban J connectivity index is 2.68. The van der Waals surface area contributed by atoms with Gasteiger partial charge in [0.25, 0.3) is 0 Å². The minimum Gasteiger partial charge on any atom is -0.475 e. The van der Waals surface area contributed by atoms with E-state index in [-0.39, 0.29) is 17.4 Å². The highest BCUT2D eigenvalue weighted by Crippen LogP contribution is 2.18. The van der Waals surface area contributed by atoms with Crippen molar-refractivity contribution >= 4 is 5.91 Å². The number of nitrogens with one attached hydrogen (secondary N) is 1. The van der Waals surface area contributed by atoms with Crippen LogP contribution in [0.5, 0.6) is 5.88 Å². The van der Waals surface area contributed by atoms with Crippen molar-refractivity contribution in [2.45, 2.75) is 53.3 Å². The van der Waals surface area contributed by atoms with Crippen molar-refractivity contribution < 1.29 is 9.53 Å². The van der Waals surface area contributed by atoms with Crippen molar-refractivity contribution in [2.75, 3.05) is 0 Å². The van der Waals surface area contributed by atoms with E-state index in [9.17, 15) is 4.79 Å². The molecule has 0 saturated carbocycles. The lowest BCUT2D eigenvalue weighted by Crippen LogP contribution is -2.48. The molecule has 0 aliphatic heterocycles. The fourth-order valence-corrected chi connectivity index (χ4v) is 1.57. The number of carbonyl (C=O) groups excluding carboxylic acids is 1. The molecule has 20 heavy (non-hydrogen) atoms. The fourth-order valence-electron chi connectivity index (χ4n) is 1.57. The molecule has 0 aromatic carbocycles. The first-order chi connectivity index (χ1) is 9.21. The van der Waals surface area contributed by atoms with Gasteiger partial charge in [-0.25, -0.2) is 4.98 Å². The maximum atomic E-state index is 12.0. The first kappa shape index (κ1) is 16.4. The van der Waals surface area contributed by atoms with Crippen LogP contribution in [-0.2, 0) is 11.3 Å². The molecule has 0 bridgehead atoms. The van der Waals surface area contributed by atoms with Crippen LogP contribution >= 0.6 is 0 Å². The second-order valence-corrected chi connectivity index (χ2v) is 6.20. The molecule has 0 aliphatic carbocycles. The van der Waals surface area contributed by atoms with E-state index < -0.39 is 6.04 Å². The van der Waals surface area contributed by atoms with Gasteiger partial charge in [0.1, 0.15) is 0 Å². The van der Waals surface area contributed by atoms with Crippen molar-refractivity contribution in [3.05, 3.63) is 23.9 Å². The number of nitrogens with two attached hydrogens (primary N) is 1. The number of aromatic nitrogens is 1. The number of amides is 1. The molecule has 5 heteroatoms. The highest BCUT2D eigenvalue weighted by Gasteiger charge is 2.27. The van der Waals surface area contributed by atoms with Gasteiger partial charge in [-0.1, -0.05) is 26.8 Å². The maximum absolute atomic E-state index is 12.0.